The Morgan fingerprint density at radius 1 is 0.970 bits per heavy atom. The molecule has 1 aliphatic carbocycles. The minimum absolute atomic E-state index is 0.147. The lowest BCUT2D eigenvalue weighted by Gasteiger charge is -2.34. The maximum Gasteiger partial charge on any atom is 0.222 e. The van der Waals surface area contributed by atoms with Crippen LogP contribution in [0.5, 0.6) is 0 Å². The molecule has 0 bridgehead atoms. The van der Waals surface area contributed by atoms with Crippen molar-refractivity contribution in [3.05, 3.63) is 58.4 Å². The van der Waals surface area contributed by atoms with Crippen LogP contribution in [-0.4, -0.2) is 58.8 Å². The number of rotatable bonds is 7. The number of aromatic nitrogens is 1. The summed E-state index contributed by atoms with van der Waals surface area (Å²) >= 11 is 0. The van der Waals surface area contributed by atoms with E-state index >= 15 is 0 Å². The SMILES string of the molecule is Cc1cc(C(=O)CN2CCN(C(=O)CCc3ccc(C(C)(C)C)cc3)CC2)c(C)n1C1CC1. The Hall–Kier alpha value is -2.40. The van der Waals surface area contributed by atoms with E-state index in [1.165, 1.54) is 29.7 Å². The minimum Gasteiger partial charge on any atom is -0.345 e. The first kappa shape index (κ1) is 23.7. The van der Waals surface area contributed by atoms with Crippen molar-refractivity contribution in [1.29, 1.82) is 0 Å². The van der Waals surface area contributed by atoms with Gasteiger partial charge in [0.15, 0.2) is 5.78 Å². The summed E-state index contributed by atoms with van der Waals surface area (Å²) in [4.78, 5) is 29.9. The van der Waals surface area contributed by atoms with E-state index in [1.54, 1.807) is 0 Å². The molecule has 5 heteroatoms. The zero-order valence-corrected chi connectivity index (χ0v) is 21.0. The van der Waals surface area contributed by atoms with E-state index in [2.05, 4.69) is 74.4 Å². The molecule has 2 heterocycles. The average Bonchev–Trinajstić information content (AvgIpc) is 3.56. The van der Waals surface area contributed by atoms with Gasteiger partial charge in [0.05, 0.1) is 6.54 Å². The summed E-state index contributed by atoms with van der Waals surface area (Å²) in [6.07, 6.45) is 3.77. The van der Waals surface area contributed by atoms with Crippen LogP contribution in [0, 0.1) is 13.8 Å². The number of benzene rings is 1. The van der Waals surface area contributed by atoms with Crippen LogP contribution >= 0.6 is 0 Å². The lowest BCUT2D eigenvalue weighted by atomic mass is 9.86. The van der Waals surface area contributed by atoms with Gasteiger partial charge < -0.3 is 9.47 Å². The zero-order chi connectivity index (χ0) is 23.8. The molecule has 2 aliphatic rings. The Morgan fingerprint density at radius 3 is 2.18 bits per heavy atom. The van der Waals surface area contributed by atoms with Crippen LogP contribution in [-0.2, 0) is 16.6 Å². The van der Waals surface area contributed by atoms with Crippen molar-refractivity contribution in [3.8, 4) is 0 Å². The zero-order valence-electron chi connectivity index (χ0n) is 21.0. The molecule has 1 amide bonds. The number of Topliss-reactive ketones (excluding diaryl/α,β-unsaturated/α-hetero) is 1. The van der Waals surface area contributed by atoms with Crippen LogP contribution in [0.4, 0.5) is 0 Å². The molecule has 1 saturated carbocycles. The van der Waals surface area contributed by atoms with Crippen molar-refractivity contribution < 1.29 is 9.59 Å². The number of amides is 1. The first-order valence-corrected chi connectivity index (χ1v) is 12.4. The van der Waals surface area contributed by atoms with Crippen LogP contribution in [0.2, 0.25) is 0 Å². The summed E-state index contributed by atoms with van der Waals surface area (Å²) in [5.74, 6) is 0.419. The molecule has 33 heavy (non-hydrogen) atoms. The molecule has 1 aromatic carbocycles. The van der Waals surface area contributed by atoms with Crippen molar-refractivity contribution >= 4 is 11.7 Å². The number of aryl methyl sites for hydroxylation is 2. The molecule has 178 valence electrons. The van der Waals surface area contributed by atoms with E-state index in [0.29, 0.717) is 32.1 Å². The van der Waals surface area contributed by atoms with Crippen LogP contribution < -0.4 is 0 Å². The van der Waals surface area contributed by atoms with Gasteiger partial charge in [-0.1, -0.05) is 45.0 Å². The second kappa shape index (κ2) is 9.46. The van der Waals surface area contributed by atoms with E-state index < -0.39 is 0 Å². The molecule has 5 nitrogen and oxygen atoms in total. The van der Waals surface area contributed by atoms with Gasteiger partial charge >= 0.3 is 0 Å². The molecule has 0 N–H and O–H groups in total. The number of ketones is 1. The first-order chi connectivity index (χ1) is 15.6. The highest BCUT2D eigenvalue weighted by molar-refractivity contribution is 5.99. The summed E-state index contributed by atoms with van der Waals surface area (Å²) in [7, 11) is 0. The lowest BCUT2D eigenvalue weighted by molar-refractivity contribution is -0.132. The smallest absolute Gasteiger partial charge is 0.222 e. The van der Waals surface area contributed by atoms with Crippen molar-refractivity contribution in [2.75, 3.05) is 32.7 Å². The highest BCUT2D eigenvalue weighted by Crippen LogP contribution is 2.38. The van der Waals surface area contributed by atoms with Gasteiger partial charge in [0.25, 0.3) is 0 Å². The van der Waals surface area contributed by atoms with Crippen LogP contribution in [0.15, 0.2) is 30.3 Å². The van der Waals surface area contributed by atoms with Crippen LogP contribution in [0.1, 0.15) is 78.9 Å². The third-order valence-electron chi connectivity index (χ3n) is 7.24. The number of piperazine rings is 1. The molecule has 0 atom stereocenters. The van der Waals surface area contributed by atoms with E-state index in [1.807, 2.05) is 4.90 Å². The summed E-state index contributed by atoms with van der Waals surface area (Å²) in [6.45, 7) is 14.2. The monoisotopic (exact) mass is 449 g/mol. The molecule has 0 unspecified atom stereocenters. The van der Waals surface area contributed by atoms with Crippen LogP contribution in [0.3, 0.4) is 0 Å². The summed E-state index contributed by atoms with van der Waals surface area (Å²) < 4.78 is 2.33. The van der Waals surface area contributed by atoms with Gasteiger partial charge in [0.1, 0.15) is 0 Å². The topological polar surface area (TPSA) is 45.6 Å². The standard InChI is InChI=1S/C28H39N3O2/c1-20-18-25(21(2)31(20)24-11-12-24)26(32)19-29-14-16-30(17-15-29)27(33)13-8-22-6-9-23(10-7-22)28(3,4)5/h6-7,9-10,18,24H,8,11-17,19H2,1-5H3. The molecular formula is C28H39N3O2. The third-order valence-corrected chi connectivity index (χ3v) is 7.24. The Bertz CT molecular complexity index is 1000. The highest BCUT2D eigenvalue weighted by atomic mass is 16.2. The number of carbonyl (C=O) groups excluding carboxylic acids is 2. The fourth-order valence-corrected chi connectivity index (χ4v) is 4.98. The molecule has 1 aromatic heterocycles. The first-order valence-electron chi connectivity index (χ1n) is 12.4. The molecule has 1 saturated heterocycles. The average molecular weight is 450 g/mol. The predicted molar refractivity (Wildman–Crippen MR) is 133 cm³/mol. The highest BCUT2D eigenvalue weighted by Gasteiger charge is 2.29. The van der Waals surface area contributed by atoms with Crippen molar-refractivity contribution in [1.82, 2.24) is 14.4 Å². The van der Waals surface area contributed by atoms with Crippen molar-refractivity contribution in [2.45, 2.75) is 71.8 Å². The maximum absolute atomic E-state index is 13.0. The maximum atomic E-state index is 13.0. The Kier molecular flexibility index (Phi) is 6.81. The summed E-state index contributed by atoms with van der Waals surface area (Å²) in [5.41, 5.74) is 5.86. The molecular weight excluding hydrogens is 410 g/mol. The van der Waals surface area contributed by atoms with Gasteiger partial charge in [-0.3, -0.25) is 14.5 Å². The molecule has 4 rings (SSSR count). The number of nitrogens with zero attached hydrogens (tertiary/aromatic N) is 3. The van der Waals surface area contributed by atoms with E-state index in [4.69, 9.17) is 0 Å². The van der Waals surface area contributed by atoms with Crippen LogP contribution in [0.25, 0.3) is 0 Å². The molecule has 0 radical (unpaired) electrons. The fraction of sp³-hybridized carbons (Fsp3) is 0.571. The molecule has 0 spiro atoms. The van der Waals surface area contributed by atoms with E-state index in [0.717, 1.165) is 30.8 Å². The molecule has 2 aromatic rings. The normalized spacial score (nSPS) is 17.4. The number of hydrogen-bond donors (Lipinski definition) is 0. The van der Waals surface area contributed by atoms with E-state index in [9.17, 15) is 9.59 Å². The molecule has 2 fully saturated rings. The van der Waals surface area contributed by atoms with Crippen molar-refractivity contribution in [3.63, 3.8) is 0 Å². The lowest BCUT2D eigenvalue weighted by Crippen LogP contribution is -2.50. The Morgan fingerprint density at radius 2 is 1.61 bits per heavy atom. The number of hydrogen-bond acceptors (Lipinski definition) is 3. The Labute approximate surface area is 198 Å². The van der Waals surface area contributed by atoms with E-state index in [-0.39, 0.29) is 17.1 Å². The summed E-state index contributed by atoms with van der Waals surface area (Å²) in [6, 6.07) is 11.3. The van der Waals surface area contributed by atoms with Gasteiger partial charge in [-0.15, -0.1) is 0 Å². The summed E-state index contributed by atoms with van der Waals surface area (Å²) in [5, 5.41) is 0. The number of carbonyl (C=O) groups is 2. The van der Waals surface area contributed by atoms with Crippen molar-refractivity contribution in [2.24, 2.45) is 0 Å². The Balaban J connectivity index is 1.23. The fourth-order valence-electron chi connectivity index (χ4n) is 4.98. The minimum atomic E-state index is 0.147. The van der Waals surface area contributed by atoms with Gasteiger partial charge in [0, 0.05) is 55.6 Å². The van der Waals surface area contributed by atoms with Gasteiger partial charge in [-0.05, 0) is 55.7 Å². The quantitative estimate of drug-likeness (QED) is 0.576. The second-order valence-electron chi connectivity index (χ2n) is 10.9. The largest absolute Gasteiger partial charge is 0.345 e. The second-order valence-corrected chi connectivity index (χ2v) is 10.9. The van der Waals surface area contributed by atoms with Gasteiger partial charge in [0.2, 0.25) is 5.91 Å². The van der Waals surface area contributed by atoms with Gasteiger partial charge in [-0.2, -0.15) is 0 Å². The van der Waals surface area contributed by atoms with Gasteiger partial charge in [-0.25, -0.2) is 0 Å². The predicted octanol–water partition coefficient (Wildman–Crippen LogP) is 4.70. The molecule has 1 aliphatic heterocycles. The third kappa shape index (κ3) is 5.57.